The smallest absolute Gasteiger partial charge is 0.248 e. The molecule has 5 heteroatoms. The van der Waals surface area contributed by atoms with Crippen LogP contribution in [0.5, 0.6) is 0 Å². The van der Waals surface area contributed by atoms with Crippen molar-refractivity contribution >= 4 is 40.9 Å². The van der Waals surface area contributed by atoms with E-state index in [2.05, 4.69) is 5.32 Å². The monoisotopic (exact) mass is 416 g/mol. The van der Waals surface area contributed by atoms with Gasteiger partial charge in [-0.2, -0.15) is 0 Å². The topological polar surface area (TPSA) is 49.4 Å². The van der Waals surface area contributed by atoms with E-state index in [-0.39, 0.29) is 11.8 Å². The molecule has 0 atom stereocenters. The second-order valence-electron chi connectivity index (χ2n) is 7.15. The van der Waals surface area contributed by atoms with Crippen LogP contribution in [-0.4, -0.2) is 11.8 Å². The summed E-state index contributed by atoms with van der Waals surface area (Å²) in [5.41, 5.74) is 4.53. The van der Waals surface area contributed by atoms with Gasteiger partial charge >= 0.3 is 0 Å². The van der Waals surface area contributed by atoms with Crippen LogP contribution in [0.15, 0.2) is 78.9 Å². The zero-order valence-electron chi connectivity index (χ0n) is 16.3. The third-order valence-electron chi connectivity index (χ3n) is 5.05. The van der Waals surface area contributed by atoms with Crippen LogP contribution in [0.4, 0.5) is 11.4 Å². The quantitative estimate of drug-likeness (QED) is 0.560. The highest BCUT2D eigenvalue weighted by Crippen LogP contribution is 2.31. The first kappa shape index (κ1) is 19.9. The number of nitrogens with one attached hydrogen (secondary N) is 1. The summed E-state index contributed by atoms with van der Waals surface area (Å²) in [5, 5.41) is 3.48. The summed E-state index contributed by atoms with van der Waals surface area (Å²) in [7, 11) is 0. The summed E-state index contributed by atoms with van der Waals surface area (Å²) in [6.07, 6.45) is 4.28. The molecular weight excluding hydrogens is 396 g/mol. The highest BCUT2D eigenvalue weighted by Gasteiger charge is 2.24. The van der Waals surface area contributed by atoms with E-state index < -0.39 is 0 Å². The molecular formula is C25H21ClN2O2. The minimum Gasteiger partial charge on any atom is -0.323 e. The predicted octanol–water partition coefficient (Wildman–Crippen LogP) is 5.47. The number of nitrogens with zero attached hydrogens (tertiary/aromatic N) is 1. The molecule has 1 aliphatic rings. The normalized spacial score (nSPS) is 13.4. The van der Waals surface area contributed by atoms with E-state index in [1.165, 1.54) is 6.08 Å². The van der Waals surface area contributed by atoms with Crippen molar-refractivity contribution in [1.82, 2.24) is 0 Å². The number of carbonyl (C=O) groups is 2. The van der Waals surface area contributed by atoms with Gasteiger partial charge in [-0.3, -0.25) is 9.59 Å². The van der Waals surface area contributed by atoms with Gasteiger partial charge in [-0.15, -0.1) is 0 Å². The minimum absolute atomic E-state index is 0.116. The van der Waals surface area contributed by atoms with Crippen LogP contribution in [0.3, 0.4) is 0 Å². The first-order valence-corrected chi connectivity index (χ1v) is 10.2. The number of benzene rings is 3. The van der Waals surface area contributed by atoms with Crippen LogP contribution < -0.4 is 10.2 Å². The maximum absolute atomic E-state index is 12.5. The Kier molecular flexibility index (Phi) is 5.96. The number of hydrogen-bond acceptors (Lipinski definition) is 2. The molecule has 1 N–H and O–H groups in total. The Balaban J connectivity index is 1.49. The van der Waals surface area contributed by atoms with Crippen LogP contribution in [-0.2, 0) is 22.6 Å². The van der Waals surface area contributed by atoms with Crippen LogP contribution in [0.25, 0.3) is 6.08 Å². The Labute approximate surface area is 180 Å². The van der Waals surface area contributed by atoms with Crippen molar-refractivity contribution in [2.24, 2.45) is 0 Å². The summed E-state index contributed by atoms with van der Waals surface area (Å²) in [5.74, 6) is -0.117. The Hall–Kier alpha value is -3.37. The Morgan fingerprint density at radius 3 is 2.57 bits per heavy atom. The average molecular weight is 417 g/mol. The minimum atomic E-state index is -0.233. The van der Waals surface area contributed by atoms with Crippen molar-refractivity contribution in [3.05, 3.63) is 101 Å². The van der Waals surface area contributed by atoms with Crippen molar-refractivity contribution in [2.75, 3.05) is 10.2 Å². The summed E-state index contributed by atoms with van der Waals surface area (Å²) < 4.78 is 0. The molecule has 0 spiro atoms. The molecule has 0 radical (unpaired) electrons. The van der Waals surface area contributed by atoms with Crippen molar-refractivity contribution < 1.29 is 9.59 Å². The molecule has 0 aromatic heterocycles. The number of carbonyl (C=O) groups excluding carboxylic acids is 2. The van der Waals surface area contributed by atoms with E-state index in [4.69, 9.17) is 11.6 Å². The van der Waals surface area contributed by atoms with E-state index in [0.29, 0.717) is 30.1 Å². The Bertz CT molecular complexity index is 1110. The van der Waals surface area contributed by atoms with Gasteiger partial charge in [0.25, 0.3) is 0 Å². The third kappa shape index (κ3) is 4.61. The second kappa shape index (κ2) is 8.97. The molecule has 0 fully saturated rings. The predicted molar refractivity (Wildman–Crippen MR) is 122 cm³/mol. The first-order valence-electron chi connectivity index (χ1n) is 9.81. The molecule has 3 aromatic rings. The van der Waals surface area contributed by atoms with E-state index in [1.54, 1.807) is 12.1 Å². The van der Waals surface area contributed by atoms with Crippen LogP contribution in [0, 0.1) is 0 Å². The SMILES string of the molecule is O=C(/C=C/c1ccccc1Cl)Nc1ccc2c(c1)CCC(=O)N2Cc1ccccc1. The highest BCUT2D eigenvalue weighted by molar-refractivity contribution is 6.32. The summed E-state index contributed by atoms with van der Waals surface area (Å²) >= 11 is 6.12. The Morgan fingerprint density at radius 1 is 1.00 bits per heavy atom. The van der Waals surface area contributed by atoms with Crippen molar-refractivity contribution in [3.63, 3.8) is 0 Å². The highest BCUT2D eigenvalue weighted by atomic mass is 35.5. The zero-order chi connectivity index (χ0) is 20.9. The van der Waals surface area contributed by atoms with Gasteiger partial charge in [-0.1, -0.05) is 60.1 Å². The summed E-state index contributed by atoms with van der Waals surface area (Å²) in [4.78, 5) is 26.6. The van der Waals surface area contributed by atoms with Gasteiger partial charge < -0.3 is 10.2 Å². The number of amides is 2. The maximum Gasteiger partial charge on any atom is 0.248 e. The average Bonchev–Trinajstić information content (AvgIpc) is 2.76. The summed E-state index contributed by atoms with van der Waals surface area (Å²) in [6, 6.07) is 23.0. The van der Waals surface area contributed by atoms with Crippen LogP contribution >= 0.6 is 11.6 Å². The Morgan fingerprint density at radius 2 is 1.77 bits per heavy atom. The molecule has 1 heterocycles. The molecule has 150 valence electrons. The first-order chi connectivity index (χ1) is 14.6. The molecule has 0 saturated carbocycles. The van der Waals surface area contributed by atoms with E-state index in [0.717, 1.165) is 22.4 Å². The van der Waals surface area contributed by atoms with E-state index in [1.807, 2.05) is 71.6 Å². The number of rotatable bonds is 5. The van der Waals surface area contributed by atoms with Crippen molar-refractivity contribution in [2.45, 2.75) is 19.4 Å². The van der Waals surface area contributed by atoms with Gasteiger partial charge in [0.2, 0.25) is 11.8 Å². The second-order valence-corrected chi connectivity index (χ2v) is 7.56. The molecule has 0 aliphatic carbocycles. The van der Waals surface area contributed by atoms with Gasteiger partial charge in [0.05, 0.1) is 6.54 Å². The summed E-state index contributed by atoms with van der Waals surface area (Å²) in [6.45, 7) is 0.541. The molecule has 0 unspecified atom stereocenters. The number of fused-ring (bicyclic) bond motifs is 1. The third-order valence-corrected chi connectivity index (χ3v) is 5.39. The lowest BCUT2D eigenvalue weighted by Crippen LogP contribution is -2.34. The van der Waals surface area contributed by atoms with E-state index in [9.17, 15) is 9.59 Å². The zero-order valence-corrected chi connectivity index (χ0v) is 17.1. The van der Waals surface area contributed by atoms with Crippen LogP contribution in [0.2, 0.25) is 5.02 Å². The molecule has 4 rings (SSSR count). The molecule has 0 saturated heterocycles. The number of halogens is 1. The van der Waals surface area contributed by atoms with Gasteiger partial charge in [0.15, 0.2) is 0 Å². The van der Waals surface area contributed by atoms with Gasteiger partial charge in [-0.05, 0) is 53.5 Å². The molecule has 4 nitrogen and oxygen atoms in total. The standard InChI is InChI=1S/C25H21ClN2O2/c26-22-9-5-4-8-19(22)10-14-24(29)27-21-12-13-23-20(16-21)11-15-25(30)28(23)17-18-6-2-1-3-7-18/h1-10,12-14,16H,11,15,17H2,(H,27,29)/b14-10+. The molecule has 30 heavy (non-hydrogen) atoms. The molecule has 0 bridgehead atoms. The van der Waals surface area contributed by atoms with Gasteiger partial charge in [0.1, 0.15) is 0 Å². The van der Waals surface area contributed by atoms with Crippen LogP contribution in [0.1, 0.15) is 23.1 Å². The molecule has 1 aliphatic heterocycles. The van der Waals surface area contributed by atoms with Crippen molar-refractivity contribution in [1.29, 1.82) is 0 Å². The fourth-order valence-corrected chi connectivity index (χ4v) is 3.74. The lowest BCUT2D eigenvalue weighted by Gasteiger charge is -2.30. The maximum atomic E-state index is 12.5. The fraction of sp³-hybridized carbons (Fsp3) is 0.120. The number of aryl methyl sites for hydroxylation is 1. The van der Waals surface area contributed by atoms with Gasteiger partial charge in [0, 0.05) is 28.9 Å². The lowest BCUT2D eigenvalue weighted by molar-refractivity contribution is -0.119. The van der Waals surface area contributed by atoms with E-state index >= 15 is 0 Å². The molecule has 2 amide bonds. The molecule has 3 aromatic carbocycles. The van der Waals surface area contributed by atoms with Crippen molar-refractivity contribution in [3.8, 4) is 0 Å². The fourth-order valence-electron chi connectivity index (χ4n) is 3.54. The van der Waals surface area contributed by atoms with Gasteiger partial charge in [-0.25, -0.2) is 0 Å². The largest absolute Gasteiger partial charge is 0.323 e. The lowest BCUT2D eigenvalue weighted by atomic mass is 9.99. The number of anilines is 2. The number of hydrogen-bond donors (Lipinski definition) is 1.